The van der Waals surface area contributed by atoms with Gasteiger partial charge in [0.25, 0.3) is 0 Å². The Morgan fingerprint density at radius 2 is 1.80 bits per heavy atom. The van der Waals surface area contributed by atoms with Gasteiger partial charge in [0.05, 0.1) is 0 Å². The molecule has 0 bridgehead atoms. The predicted molar refractivity (Wildman–Crippen MR) is 67.3 cm³/mol. The van der Waals surface area contributed by atoms with E-state index in [9.17, 15) is 0 Å². The van der Waals surface area contributed by atoms with Gasteiger partial charge in [-0.1, -0.05) is 43.3 Å². The van der Waals surface area contributed by atoms with Crippen LogP contribution >= 0.6 is 0 Å². The maximum absolute atomic E-state index is 3.53. The van der Waals surface area contributed by atoms with E-state index in [-0.39, 0.29) is 0 Å². The maximum atomic E-state index is 3.53. The summed E-state index contributed by atoms with van der Waals surface area (Å²) in [6, 6.07) is 15.4. The fraction of sp³-hybridized carbons (Fsp3) is 0.286. The van der Waals surface area contributed by atoms with Crippen molar-refractivity contribution in [2.24, 2.45) is 0 Å². The molecule has 0 spiro atoms. The maximum Gasteiger partial charge on any atom is 0.0421 e. The van der Waals surface area contributed by atoms with Gasteiger partial charge in [-0.05, 0) is 24.8 Å². The summed E-state index contributed by atoms with van der Waals surface area (Å²) in [4.78, 5) is 0. The molecule has 2 rings (SSSR count). The summed E-state index contributed by atoms with van der Waals surface area (Å²) in [6.45, 7) is 4.41. The van der Waals surface area contributed by atoms with E-state index < -0.39 is 0 Å². The summed E-state index contributed by atoms with van der Waals surface area (Å²) in [7, 11) is 0. The minimum Gasteiger partial charge on any atom is -0.382 e. The van der Waals surface area contributed by atoms with Gasteiger partial charge in [0.1, 0.15) is 0 Å². The van der Waals surface area contributed by atoms with Crippen LogP contribution < -0.4 is 5.32 Å². The fourth-order valence-corrected chi connectivity index (χ4v) is 1.72. The van der Waals surface area contributed by atoms with Crippen molar-refractivity contribution in [1.29, 1.82) is 0 Å². The molecule has 0 saturated carbocycles. The molecule has 78 valence electrons. The number of rotatable bonds is 3. The second-order valence-corrected chi connectivity index (χ2v) is 3.98. The lowest BCUT2D eigenvalue weighted by Crippen LogP contribution is -2.13. The van der Waals surface area contributed by atoms with Crippen LogP contribution in [-0.2, 0) is 0 Å². The second kappa shape index (κ2) is 4.35. The minimum absolute atomic E-state index is 0.524. The Bertz CT molecular complexity index is 443. The highest BCUT2D eigenvalue weighted by molar-refractivity contribution is 5.93. The van der Waals surface area contributed by atoms with Crippen LogP contribution in [0.2, 0.25) is 0 Å². The molecule has 0 radical (unpaired) electrons. The van der Waals surface area contributed by atoms with Gasteiger partial charge in [-0.2, -0.15) is 0 Å². The highest BCUT2D eigenvalue weighted by atomic mass is 14.9. The summed E-state index contributed by atoms with van der Waals surface area (Å²) < 4.78 is 0. The number of nitrogens with one attached hydrogen (secondary N) is 1. The topological polar surface area (TPSA) is 12.0 Å². The minimum atomic E-state index is 0.524. The van der Waals surface area contributed by atoms with Gasteiger partial charge in [0.15, 0.2) is 0 Å². The molecular formula is C14H17N. The third-order valence-corrected chi connectivity index (χ3v) is 2.80. The summed E-state index contributed by atoms with van der Waals surface area (Å²) >= 11 is 0. The van der Waals surface area contributed by atoms with E-state index in [0.717, 1.165) is 6.42 Å². The number of benzene rings is 2. The molecule has 2 aromatic carbocycles. The third kappa shape index (κ3) is 2.12. The Balaban J connectivity index is 2.42. The quantitative estimate of drug-likeness (QED) is 0.786. The summed E-state index contributed by atoms with van der Waals surface area (Å²) in [5.74, 6) is 0. The van der Waals surface area contributed by atoms with E-state index >= 15 is 0 Å². The molecule has 1 atom stereocenters. The highest BCUT2D eigenvalue weighted by Gasteiger charge is 2.02. The number of hydrogen-bond donors (Lipinski definition) is 1. The first-order valence-corrected chi connectivity index (χ1v) is 5.55. The Morgan fingerprint density at radius 1 is 1.07 bits per heavy atom. The first-order valence-electron chi connectivity index (χ1n) is 5.55. The molecule has 15 heavy (non-hydrogen) atoms. The first kappa shape index (κ1) is 10.0. The van der Waals surface area contributed by atoms with Gasteiger partial charge in [-0.25, -0.2) is 0 Å². The lowest BCUT2D eigenvalue weighted by molar-refractivity contribution is 0.765. The molecule has 1 N–H and O–H groups in total. The van der Waals surface area contributed by atoms with Gasteiger partial charge in [-0.15, -0.1) is 0 Å². The second-order valence-electron chi connectivity index (χ2n) is 3.98. The van der Waals surface area contributed by atoms with Crippen molar-refractivity contribution >= 4 is 16.5 Å². The lowest BCUT2D eigenvalue weighted by atomic mass is 10.1. The number of hydrogen-bond acceptors (Lipinski definition) is 1. The molecule has 1 nitrogen and oxygen atoms in total. The summed E-state index contributed by atoms with van der Waals surface area (Å²) in [5.41, 5.74) is 1.24. The normalized spacial score (nSPS) is 12.7. The van der Waals surface area contributed by atoms with E-state index in [0.29, 0.717) is 6.04 Å². The lowest BCUT2D eigenvalue weighted by Gasteiger charge is -2.14. The third-order valence-electron chi connectivity index (χ3n) is 2.80. The molecule has 0 aliphatic rings. The smallest absolute Gasteiger partial charge is 0.0421 e. The van der Waals surface area contributed by atoms with Crippen LogP contribution in [0.15, 0.2) is 42.5 Å². The zero-order valence-electron chi connectivity index (χ0n) is 9.33. The molecule has 0 unspecified atom stereocenters. The number of fused-ring (bicyclic) bond motifs is 1. The van der Waals surface area contributed by atoms with Crippen LogP contribution in [-0.4, -0.2) is 6.04 Å². The Morgan fingerprint density at radius 3 is 2.60 bits per heavy atom. The van der Waals surface area contributed by atoms with E-state index in [1.807, 2.05) is 0 Å². The SMILES string of the molecule is CC[C@H](C)Nc1cccc2ccccc12. The van der Waals surface area contributed by atoms with Crippen molar-refractivity contribution in [2.45, 2.75) is 26.3 Å². The largest absolute Gasteiger partial charge is 0.382 e. The van der Waals surface area contributed by atoms with Crippen molar-refractivity contribution in [3.63, 3.8) is 0 Å². The van der Waals surface area contributed by atoms with Crippen molar-refractivity contribution in [3.8, 4) is 0 Å². The van der Waals surface area contributed by atoms with Gasteiger partial charge >= 0.3 is 0 Å². The molecule has 0 heterocycles. The fourth-order valence-electron chi connectivity index (χ4n) is 1.72. The van der Waals surface area contributed by atoms with E-state index in [4.69, 9.17) is 0 Å². The Hall–Kier alpha value is -1.50. The first-order chi connectivity index (χ1) is 7.31. The van der Waals surface area contributed by atoms with Crippen LogP contribution in [0.3, 0.4) is 0 Å². The molecule has 0 aliphatic heterocycles. The highest BCUT2D eigenvalue weighted by Crippen LogP contribution is 2.23. The molecule has 0 aromatic heterocycles. The van der Waals surface area contributed by atoms with Crippen molar-refractivity contribution in [1.82, 2.24) is 0 Å². The van der Waals surface area contributed by atoms with Crippen molar-refractivity contribution in [2.75, 3.05) is 5.32 Å². The number of anilines is 1. The van der Waals surface area contributed by atoms with Crippen LogP contribution in [0.4, 0.5) is 5.69 Å². The molecular weight excluding hydrogens is 182 g/mol. The van der Waals surface area contributed by atoms with Gasteiger partial charge in [-0.3, -0.25) is 0 Å². The summed E-state index contributed by atoms with van der Waals surface area (Å²) in [6.07, 6.45) is 1.14. The zero-order chi connectivity index (χ0) is 10.7. The molecule has 0 amide bonds. The Labute approximate surface area is 91.1 Å². The standard InChI is InChI=1S/C14H17N/c1-3-11(2)15-14-10-6-8-12-7-4-5-9-13(12)14/h4-11,15H,3H2,1-2H3/t11-/m0/s1. The molecule has 0 saturated heterocycles. The average molecular weight is 199 g/mol. The molecule has 0 fully saturated rings. The molecule has 0 aliphatic carbocycles. The van der Waals surface area contributed by atoms with Crippen LogP contribution in [0.25, 0.3) is 10.8 Å². The van der Waals surface area contributed by atoms with Crippen molar-refractivity contribution in [3.05, 3.63) is 42.5 Å². The van der Waals surface area contributed by atoms with Gasteiger partial charge < -0.3 is 5.32 Å². The Kier molecular flexibility index (Phi) is 2.91. The van der Waals surface area contributed by atoms with Gasteiger partial charge in [0, 0.05) is 17.1 Å². The monoisotopic (exact) mass is 199 g/mol. The predicted octanol–water partition coefficient (Wildman–Crippen LogP) is 4.05. The van der Waals surface area contributed by atoms with E-state index in [1.54, 1.807) is 0 Å². The van der Waals surface area contributed by atoms with Crippen LogP contribution in [0, 0.1) is 0 Å². The van der Waals surface area contributed by atoms with Crippen LogP contribution in [0.1, 0.15) is 20.3 Å². The molecule has 1 heteroatoms. The summed E-state index contributed by atoms with van der Waals surface area (Å²) in [5, 5.41) is 6.14. The van der Waals surface area contributed by atoms with Crippen molar-refractivity contribution < 1.29 is 0 Å². The molecule has 2 aromatic rings. The average Bonchev–Trinajstić information content (AvgIpc) is 2.29. The van der Waals surface area contributed by atoms with E-state index in [1.165, 1.54) is 16.5 Å². The van der Waals surface area contributed by atoms with E-state index in [2.05, 4.69) is 61.6 Å². The van der Waals surface area contributed by atoms with Crippen LogP contribution in [0.5, 0.6) is 0 Å². The zero-order valence-corrected chi connectivity index (χ0v) is 9.33. The van der Waals surface area contributed by atoms with Gasteiger partial charge in [0.2, 0.25) is 0 Å².